The van der Waals surface area contributed by atoms with Crippen molar-refractivity contribution >= 4 is 0 Å². The van der Waals surface area contributed by atoms with Crippen LogP contribution in [0.3, 0.4) is 0 Å². The van der Waals surface area contributed by atoms with Gasteiger partial charge in [-0.25, -0.2) is 0 Å². The van der Waals surface area contributed by atoms with Crippen LogP contribution in [0.25, 0.3) is 11.4 Å². The molecular formula is C13H17N3O. The number of aryl methyl sites for hydroxylation is 1. The summed E-state index contributed by atoms with van der Waals surface area (Å²) in [6.07, 6.45) is 1.86. The van der Waals surface area contributed by atoms with E-state index in [1.807, 2.05) is 31.2 Å². The van der Waals surface area contributed by atoms with Gasteiger partial charge in [0.2, 0.25) is 11.7 Å². The molecule has 0 fully saturated rings. The van der Waals surface area contributed by atoms with Crippen molar-refractivity contribution in [3.05, 3.63) is 35.7 Å². The van der Waals surface area contributed by atoms with E-state index in [2.05, 4.69) is 17.1 Å². The third-order valence-corrected chi connectivity index (χ3v) is 2.67. The Hall–Kier alpha value is -1.68. The minimum Gasteiger partial charge on any atom is -0.337 e. The molecule has 0 bridgehead atoms. The fourth-order valence-corrected chi connectivity index (χ4v) is 1.64. The average molecular weight is 231 g/mol. The SMILES string of the molecule is CCC[C@H](N)c1nc(-c2ccc(C)cc2)no1. The third-order valence-electron chi connectivity index (χ3n) is 2.67. The Kier molecular flexibility index (Phi) is 3.54. The molecule has 1 atom stereocenters. The molecular weight excluding hydrogens is 214 g/mol. The van der Waals surface area contributed by atoms with E-state index in [1.54, 1.807) is 0 Å². The van der Waals surface area contributed by atoms with Crippen LogP contribution in [-0.4, -0.2) is 10.1 Å². The number of benzene rings is 1. The summed E-state index contributed by atoms with van der Waals surface area (Å²) in [7, 11) is 0. The number of hydrogen-bond acceptors (Lipinski definition) is 4. The van der Waals surface area contributed by atoms with Crippen LogP contribution in [-0.2, 0) is 0 Å². The van der Waals surface area contributed by atoms with Crippen LogP contribution >= 0.6 is 0 Å². The fraction of sp³-hybridized carbons (Fsp3) is 0.385. The van der Waals surface area contributed by atoms with Gasteiger partial charge in [0, 0.05) is 5.56 Å². The smallest absolute Gasteiger partial charge is 0.243 e. The van der Waals surface area contributed by atoms with Crippen LogP contribution in [0.1, 0.15) is 37.3 Å². The van der Waals surface area contributed by atoms with Crippen molar-refractivity contribution in [3.8, 4) is 11.4 Å². The molecule has 0 aliphatic carbocycles. The Morgan fingerprint density at radius 1 is 1.29 bits per heavy atom. The third kappa shape index (κ3) is 2.71. The maximum Gasteiger partial charge on any atom is 0.243 e. The summed E-state index contributed by atoms with van der Waals surface area (Å²) in [6, 6.07) is 7.85. The summed E-state index contributed by atoms with van der Waals surface area (Å²) in [4.78, 5) is 4.33. The Morgan fingerprint density at radius 2 is 2.00 bits per heavy atom. The Morgan fingerprint density at radius 3 is 2.65 bits per heavy atom. The molecule has 4 heteroatoms. The van der Waals surface area contributed by atoms with Crippen LogP contribution in [0.2, 0.25) is 0 Å². The molecule has 0 aliphatic heterocycles. The summed E-state index contributed by atoms with van der Waals surface area (Å²) >= 11 is 0. The van der Waals surface area contributed by atoms with Gasteiger partial charge in [0.05, 0.1) is 6.04 Å². The van der Waals surface area contributed by atoms with Gasteiger partial charge in [-0.1, -0.05) is 48.3 Å². The fourth-order valence-electron chi connectivity index (χ4n) is 1.64. The molecule has 2 N–H and O–H groups in total. The standard InChI is InChI=1S/C13H17N3O/c1-3-4-11(14)13-15-12(16-17-13)10-7-5-9(2)6-8-10/h5-8,11H,3-4,14H2,1-2H3/t11-/m0/s1. The van der Waals surface area contributed by atoms with E-state index < -0.39 is 0 Å². The second-order valence-corrected chi connectivity index (χ2v) is 4.22. The molecule has 0 saturated carbocycles. The first-order valence-corrected chi connectivity index (χ1v) is 5.87. The summed E-state index contributed by atoms with van der Waals surface area (Å²) in [5.74, 6) is 1.12. The van der Waals surface area contributed by atoms with Crippen LogP contribution in [0.15, 0.2) is 28.8 Å². The van der Waals surface area contributed by atoms with Crippen molar-refractivity contribution in [1.82, 2.24) is 10.1 Å². The Balaban J connectivity index is 2.20. The molecule has 0 radical (unpaired) electrons. The summed E-state index contributed by atoms with van der Waals surface area (Å²) in [5.41, 5.74) is 8.09. The van der Waals surface area contributed by atoms with Crippen LogP contribution < -0.4 is 5.73 Å². The predicted octanol–water partition coefficient (Wildman–Crippen LogP) is 2.84. The van der Waals surface area contributed by atoms with E-state index in [9.17, 15) is 0 Å². The molecule has 1 aromatic heterocycles. The highest BCUT2D eigenvalue weighted by Gasteiger charge is 2.14. The normalized spacial score (nSPS) is 12.6. The molecule has 0 unspecified atom stereocenters. The van der Waals surface area contributed by atoms with E-state index >= 15 is 0 Å². The lowest BCUT2D eigenvalue weighted by Gasteiger charge is -2.02. The molecule has 0 saturated heterocycles. The van der Waals surface area contributed by atoms with Crippen molar-refractivity contribution in [2.45, 2.75) is 32.7 Å². The molecule has 0 amide bonds. The largest absolute Gasteiger partial charge is 0.337 e. The maximum atomic E-state index is 5.92. The number of nitrogens with two attached hydrogens (primary N) is 1. The van der Waals surface area contributed by atoms with Gasteiger partial charge in [-0.3, -0.25) is 0 Å². The topological polar surface area (TPSA) is 64.9 Å². The number of rotatable bonds is 4. The molecule has 0 aliphatic rings. The monoisotopic (exact) mass is 231 g/mol. The van der Waals surface area contributed by atoms with Crippen LogP contribution in [0.4, 0.5) is 0 Å². The summed E-state index contributed by atoms with van der Waals surface area (Å²) in [6.45, 7) is 4.12. The molecule has 90 valence electrons. The van der Waals surface area contributed by atoms with Gasteiger partial charge < -0.3 is 10.3 Å². The lowest BCUT2D eigenvalue weighted by molar-refractivity contribution is 0.348. The Labute approximate surface area is 101 Å². The number of nitrogens with zero attached hydrogens (tertiary/aromatic N) is 2. The highest BCUT2D eigenvalue weighted by atomic mass is 16.5. The van der Waals surface area contributed by atoms with E-state index in [1.165, 1.54) is 5.56 Å². The molecule has 0 spiro atoms. The van der Waals surface area contributed by atoms with Crippen molar-refractivity contribution in [2.24, 2.45) is 5.73 Å². The molecule has 1 aromatic carbocycles. The summed E-state index contributed by atoms with van der Waals surface area (Å²) in [5, 5.41) is 3.95. The highest BCUT2D eigenvalue weighted by Crippen LogP contribution is 2.20. The van der Waals surface area contributed by atoms with Crippen molar-refractivity contribution in [2.75, 3.05) is 0 Å². The first kappa shape index (κ1) is 11.8. The van der Waals surface area contributed by atoms with Crippen molar-refractivity contribution in [1.29, 1.82) is 0 Å². The van der Waals surface area contributed by atoms with Gasteiger partial charge in [-0.05, 0) is 13.3 Å². The average Bonchev–Trinajstić information content (AvgIpc) is 2.80. The molecule has 1 heterocycles. The zero-order valence-electron chi connectivity index (χ0n) is 10.2. The minimum absolute atomic E-state index is 0.160. The van der Waals surface area contributed by atoms with E-state index in [4.69, 9.17) is 10.3 Å². The summed E-state index contributed by atoms with van der Waals surface area (Å²) < 4.78 is 5.18. The van der Waals surface area contributed by atoms with Crippen molar-refractivity contribution < 1.29 is 4.52 Å². The highest BCUT2D eigenvalue weighted by molar-refractivity contribution is 5.54. The lowest BCUT2D eigenvalue weighted by Crippen LogP contribution is -2.09. The first-order chi connectivity index (χ1) is 8.20. The zero-order chi connectivity index (χ0) is 12.3. The van der Waals surface area contributed by atoms with E-state index in [0.29, 0.717) is 11.7 Å². The second kappa shape index (κ2) is 5.10. The predicted molar refractivity (Wildman–Crippen MR) is 66.3 cm³/mol. The molecule has 4 nitrogen and oxygen atoms in total. The van der Waals surface area contributed by atoms with Gasteiger partial charge in [0.1, 0.15) is 0 Å². The van der Waals surface area contributed by atoms with Gasteiger partial charge in [0.15, 0.2) is 0 Å². The molecule has 2 aromatic rings. The van der Waals surface area contributed by atoms with Crippen LogP contribution in [0, 0.1) is 6.92 Å². The van der Waals surface area contributed by atoms with Crippen molar-refractivity contribution in [3.63, 3.8) is 0 Å². The first-order valence-electron chi connectivity index (χ1n) is 5.87. The lowest BCUT2D eigenvalue weighted by atomic mass is 10.1. The van der Waals surface area contributed by atoms with Gasteiger partial charge in [-0.15, -0.1) is 0 Å². The maximum absolute atomic E-state index is 5.92. The van der Waals surface area contributed by atoms with E-state index in [0.717, 1.165) is 18.4 Å². The number of hydrogen-bond donors (Lipinski definition) is 1. The second-order valence-electron chi connectivity index (χ2n) is 4.22. The van der Waals surface area contributed by atoms with Gasteiger partial charge in [-0.2, -0.15) is 4.98 Å². The van der Waals surface area contributed by atoms with Crippen LogP contribution in [0.5, 0.6) is 0 Å². The van der Waals surface area contributed by atoms with Gasteiger partial charge >= 0.3 is 0 Å². The van der Waals surface area contributed by atoms with Gasteiger partial charge in [0.25, 0.3) is 0 Å². The zero-order valence-corrected chi connectivity index (χ0v) is 10.2. The Bertz CT molecular complexity index is 476. The number of aromatic nitrogens is 2. The van der Waals surface area contributed by atoms with E-state index in [-0.39, 0.29) is 6.04 Å². The molecule has 2 rings (SSSR count). The quantitative estimate of drug-likeness (QED) is 0.878. The molecule has 17 heavy (non-hydrogen) atoms. The minimum atomic E-state index is -0.160.